The number of carboxylic acids is 1. The van der Waals surface area contributed by atoms with E-state index in [1.165, 1.54) is 31.4 Å². The van der Waals surface area contributed by atoms with Crippen LogP contribution < -0.4 is 20.1 Å². The van der Waals surface area contributed by atoms with Gasteiger partial charge in [-0.2, -0.15) is 13.2 Å². The van der Waals surface area contributed by atoms with Crippen LogP contribution in [0.25, 0.3) is 0 Å². The Morgan fingerprint density at radius 2 is 1.80 bits per heavy atom. The van der Waals surface area contributed by atoms with Gasteiger partial charge in [0.15, 0.2) is 23.2 Å². The molecule has 1 atom stereocenters. The molecule has 0 bridgehead atoms. The third-order valence-electron chi connectivity index (χ3n) is 4.82. The number of alkyl halides is 3. The minimum absolute atomic E-state index is 0.0289. The monoisotopic (exact) mass is 508 g/mol. The zero-order chi connectivity index (χ0) is 26.2. The second-order valence-electron chi connectivity index (χ2n) is 7.27. The van der Waals surface area contributed by atoms with E-state index in [1.807, 2.05) is 0 Å². The Bertz CT molecular complexity index is 1040. The van der Waals surface area contributed by atoms with Crippen LogP contribution in [-0.2, 0) is 22.7 Å². The van der Waals surface area contributed by atoms with E-state index in [4.69, 9.17) is 19.4 Å². The van der Waals surface area contributed by atoms with Crippen molar-refractivity contribution >= 4 is 11.9 Å². The zero-order valence-corrected chi connectivity index (χ0v) is 18.3. The third-order valence-corrected chi connectivity index (χ3v) is 4.82. The van der Waals surface area contributed by atoms with E-state index < -0.39 is 29.6 Å². The van der Waals surface area contributed by atoms with Crippen molar-refractivity contribution in [2.75, 3.05) is 13.7 Å². The molecule has 2 aromatic carbocycles. The first kappa shape index (κ1) is 27.8. The molecule has 13 heteroatoms. The first-order valence-electron chi connectivity index (χ1n) is 10.2. The van der Waals surface area contributed by atoms with Crippen LogP contribution in [0.4, 0.5) is 26.3 Å². The molecule has 1 heterocycles. The van der Waals surface area contributed by atoms with Crippen LogP contribution in [0.3, 0.4) is 0 Å². The van der Waals surface area contributed by atoms with E-state index in [0.29, 0.717) is 11.3 Å². The maximum absolute atomic E-state index is 14.4. The van der Waals surface area contributed by atoms with Gasteiger partial charge in [-0.15, -0.1) is 0 Å². The molecule has 192 valence electrons. The summed E-state index contributed by atoms with van der Waals surface area (Å²) in [6.45, 7) is 0.553. The fourth-order valence-electron chi connectivity index (χ4n) is 3.04. The van der Waals surface area contributed by atoms with Crippen molar-refractivity contribution in [3.05, 3.63) is 58.9 Å². The highest BCUT2D eigenvalue weighted by molar-refractivity contribution is 5.82. The van der Waals surface area contributed by atoms with Crippen LogP contribution in [0, 0.1) is 17.5 Å². The molecular weight excluding hydrogens is 486 g/mol. The lowest BCUT2D eigenvalue weighted by molar-refractivity contribution is -0.192. The fraction of sp³-hybridized carbons (Fsp3) is 0.364. The highest BCUT2D eigenvalue weighted by Gasteiger charge is 2.38. The van der Waals surface area contributed by atoms with Crippen molar-refractivity contribution in [3.63, 3.8) is 0 Å². The van der Waals surface area contributed by atoms with Crippen LogP contribution in [-0.4, -0.2) is 42.9 Å². The first-order valence-corrected chi connectivity index (χ1v) is 10.2. The van der Waals surface area contributed by atoms with Crippen molar-refractivity contribution in [1.29, 1.82) is 0 Å². The van der Waals surface area contributed by atoms with Crippen LogP contribution in [0.5, 0.6) is 11.5 Å². The maximum atomic E-state index is 14.4. The summed E-state index contributed by atoms with van der Waals surface area (Å²) in [5, 5.41) is 13.0. The number of methoxy groups -OCH3 is 1. The first-order chi connectivity index (χ1) is 16.4. The predicted molar refractivity (Wildman–Crippen MR) is 110 cm³/mol. The Kier molecular flexibility index (Phi) is 9.75. The smallest absolute Gasteiger partial charge is 0.490 e. The molecular formula is C22H22F6N2O5. The molecule has 1 amide bonds. The predicted octanol–water partition coefficient (Wildman–Crippen LogP) is 3.69. The van der Waals surface area contributed by atoms with Crippen molar-refractivity contribution in [3.8, 4) is 11.5 Å². The minimum atomic E-state index is -5.08. The standard InChI is InChI=1S/C20H21F3N2O3.C2HF3O2/c1-27-17-9-18(28-11-12-4-2-5-14(21)19(12)23)15(22)8-13(17)10-25-20(26)16-6-3-7-24-16;3-2(4,5)1(6)7/h2,4-5,8-9,16,24H,3,6-7,10-11H2,1H3,(H,25,26);(H,6,7)/t16-;/m0./s1. The number of amides is 1. The number of carbonyl (C=O) groups is 2. The summed E-state index contributed by atoms with van der Waals surface area (Å²) < 4.78 is 83.6. The summed E-state index contributed by atoms with van der Waals surface area (Å²) in [6.07, 6.45) is -3.38. The topological polar surface area (TPSA) is 96.9 Å². The summed E-state index contributed by atoms with van der Waals surface area (Å²) in [7, 11) is 1.41. The number of carbonyl (C=O) groups excluding carboxylic acids is 1. The van der Waals surface area contributed by atoms with Gasteiger partial charge >= 0.3 is 12.1 Å². The molecule has 1 aliphatic heterocycles. The maximum Gasteiger partial charge on any atom is 0.490 e. The van der Waals surface area contributed by atoms with Crippen LogP contribution in [0.1, 0.15) is 24.0 Å². The number of benzene rings is 2. The Morgan fingerprint density at radius 1 is 1.11 bits per heavy atom. The molecule has 0 spiro atoms. The van der Waals surface area contributed by atoms with Gasteiger partial charge in [-0.25, -0.2) is 18.0 Å². The van der Waals surface area contributed by atoms with E-state index in [2.05, 4.69) is 10.6 Å². The summed E-state index contributed by atoms with van der Waals surface area (Å²) in [5.74, 6) is -5.48. The second-order valence-corrected chi connectivity index (χ2v) is 7.27. The second kappa shape index (κ2) is 12.3. The number of halogens is 6. The van der Waals surface area contributed by atoms with E-state index in [-0.39, 0.29) is 36.4 Å². The van der Waals surface area contributed by atoms with Gasteiger partial charge in [-0.3, -0.25) is 4.79 Å². The lowest BCUT2D eigenvalue weighted by Crippen LogP contribution is -2.40. The minimum Gasteiger partial charge on any atom is -0.496 e. The van der Waals surface area contributed by atoms with E-state index in [1.54, 1.807) is 0 Å². The van der Waals surface area contributed by atoms with E-state index in [0.717, 1.165) is 25.5 Å². The number of nitrogens with one attached hydrogen (secondary N) is 2. The molecule has 0 unspecified atom stereocenters. The van der Waals surface area contributed by atoms with Gasteiger partial charge in [0.1, 0.15) is 12.4 Å². The summed E-state index contributed by atoms with van der Waals surface area (Å²) in [5.41, 5.74) is 0.411. The van der Waals surface area contributed by atoms with Gasteiger partial charge in [-0.05, 0) is 31.5 Å². The Labute approximate surface area is 196 Å². The number of ether oxygens (including phenoxy) is 2. The molecule has 0 radical (unpaired) electrons. The molecule has 3 N–H and O–H groups in total. The third kappa shape index (κ3) is 8.05. The molecule has 2 aromatic rings. The summed E-state index contributed by atoms with van der Waals surface area (Å²) in [4.78, 5) is 21.0. The molecule has 35 heavy (non-hydrogen) atoms. The van der Waals surface area contributed by atoms with Crippen LogP contribution in [0.15, 0.2) is 30.3 Å². The average molecular weight is 508 g/mol. The van der Waals surface area contributed by atoms with Crippen molar-refractivity contribution in [2.24, 2.45) is 0 Å². The molecule has 7 nitrogen and oxygen atoms in total. The van der Waals surface area contributed by atoms with Crippen LogP contribution in [0.2, 0.25) is 0 Å². The van der Waals surface area contributed by atoms with E-state index >= 15 is 0 Å². The van der Waals surface area contributed by atoms with Gasteiger partial charge in [0, 0.05) is 23.7 Å². The van der Waals surface area contributed by atoms with E-state index in [9.17, 15) is 31.1 Å². The zero-order valence-electron chi connectivity index (χ0n) is 18.3. The normalized spacial score (nSPS) is 15.1. The van der Waals surface area contributed by atoms with Crippen molar-refractivity contribution in [2.45, 2.75) is 38.2 Å². The summed E-state index contributed by atoms with van der Waals surface area (Å²) >= 11 is 0. The largest absolute Gasteiger partial charge is 0.496 e. The number of carboxylic acid groups (broad SMARTS) is 1. The Balaban J connectivity index is 0.000000540. The number of aliphatic carboxylic acids is 1. The molecule has 1 saturated heterocycles. The quantitative estimate of drug-likeness (QED) is 0.494. The Morgan fingerprint density at radius 3 is 2.37 bits per heavy atom. The van der Waals surface area contributed by atoms with Gasteiger partial charge in [-0.1, -0.05) is 12.1 Å². The Hall–Kier alpha value is -3.48. The number of hydrogen-bond donors (Lipinski definition) is 3. The molecule has 3 rings (SSSR count). The highest BCUT2D eigenvalue weighted by atomic mass is 19.4. The van der Waals surface area contributed by atoms with Gasteiger partial charge in [0.05, 0.1) is 13.2 Å². The van der Waals surface area contributed by atoms with Gasteiger partial charge in [0.2, 0.25) is 5.91 Å². The molecule has 0 aromatic heterocycles. The van der Waals surface area contributed by atoms with Crippen LogP contribution >= 0.6 is 0 Å². The van der Waals surface area contributed by atoms with Gasteiger partial charge < -0.3 is 25.2 Å². The fourth-order valence-corrected chi connectivity index (χ4v) is 3.04. The lowest BCUT2D eigenvalue weighted by atomic mass is 10.1. The molecule has 1 fully saturated rings. The van der Waals surface area contributed by atoms with Crippen molar-refractivity contribution < 1.29 is 50.5 Å². The summed E-state index contributed by atoms with van der Waals surface area (Å²) in [6, 6.07) is 5.97. The SMILES string of the molecule is COc1cc(OCc2cccc(F)c2F)c(F)cc1CNC(=O)[C@@H]1CCCN1.O=C(O)C(F)(F)F. The van der Waals surface area contributed by atoms with Crippen molar-refractivity contribution in [1.82, 2.24) is 10.6 Å². The number of hydrogen-bond acceptors (Lipinski definition) is 5. The molecule has 0 aliphatic carbocycles. The highest BCUT2D eigenvalue weighted by Crippen LogP contribution is 2.29. The molecule has 1 aliphatic rings. The lowest BCUT2D eigenvalue weighted by Gasteiger charge is -2.15. The average Bonchev–Trinajstić information content (AvgIpc) is 3.34. The molecule has 0 saturated carbocycles. The van der Waals surface area contributed by atoms with Gasteiger partial charge in [0.25, 0.3) is 0 Å². The number of rotatable bonds is 7.